The van der Waals surface area contributed by atoms with Crippen LogP contribution >= 0.6 is 0 Å². The molecule has 2 aromatic rings. The van der Waals surface area contributed by atoms with Crippen LogP contribution in [0.1, 0.15) is 34.6 Å². The first-order valence-corrected chi connectivity index (χ1v) is 8.67. The van der Waals surface area contributed by atoms with Gasteiger partial charge in [0.25, 0.3) is 5.91 Å². The lowest BCUT2D eigenvalue weighted by Gasteiger charge is -2.29. The van der Waals surface area contributed by atoms with Crippen LogP contribution in [0.5, 0.6) is 0 Å². The number of anilines is 2. The summed E-state index contributed by atoms with van der Waals surface area (Å²) >= 11 is 0. The van der Waals surface area contributed by atoms with Gasteiger partial charge in [-0.2, -0.15) is 0 Å². The summed E-state index contributed by atoms with van der Waals surface area (Å²) in [4.78, 5) is 23.7. The summed E-state index contributed by atoms with van der Waals surface area (Å²) in [5.74, 6) is 0.419. The number of para-hydroxylation sites is 1. The topological polar surface area (TPSA) is 67.3 Å². The van der Waals surface area contributed by atoms with E-state index < -0.39 is 0 Å². The number of aryl methyl sites for hydroxylation is 2. The SMILES string of the molecule is COCCCNc1nc(C)cc(C(=O)N2CCCc3ccccc32)n1. The van der Waals surface area contributed by atoms with E-state index in [1.165, 1.54) is 5.56 Å². The number of ether oxygens (including phenoxy) is 1. The molecule has 2 heterocycles. The molecule has 6 heteroatoms. The Balaban J connectivity index is 1.79. The molecular formula is C19H24N4O2. The van der Waals surface area contributed by atoms with E-state index in [-0.39, 0.29) is 5.91 Å². The number of rotatable bonds is 6. The average molecular weight is 340 g/mol. The largest absolute Gasteiger partial charge is 0.385 e. The predicted molar refractivity (Wildman–Crippen MR) is 98.2 cm³/mol. The highest BCUT2D eigenvalue weighted by atomic mass is 16.5. The molecule has 0 radical (unpaired) electrons. The van der Waals surface area contributed by atoms with Gasteiger partial charge in [0, 0.05) is 38.2 Å². The van der Waals surface area contributed by atoms with Crippen molar-refractivity contribution in [2.24, 2.45) is 0 Å². The molecule has 1 aliphatic rings. The molecule has 1 N–H and O–H groups in total. The second kappa shape index (κ2) is 8.07. The van der Waals surface area contributed by atoms with Crippen LogP contribution in [-0.2, 0) is 11.2 Å². The standard InChI is InChI=1S/C19H24N4O2/c1-14-13-16(22-19(21-14)20-10-6-12-25-2)18(24)23-11-5-8-15-7-3-4-9-17(15)23/h3-4,7,9,13H,5-6,8,10-12H2,1-2H3,(H,20,21,22). The number of hydrogen-bond acceptors (Lipinski definition) is 5. The zero-order valence-corrected chi connectivity index (χ0v) is 14.8. The number of benzene rings is 1. The van der Waals surface area contributed by atoms with Crippen LogP contribution in [0, 0.1) is 6.92 Å². The van der Waals surface area contributed by atoms with Gasteiger partial charge in [0.1, 0.15) is 5.69 Å². The van der Waals surface area contributed by atoms with Gasteiger partial charge in [-0.1, -0.05) is 18.2 Å². The molecule has 1 aromatic heterocycles. The molecule has 0 aliphatic carbocycles. The molecule has 6 nitrogen and oxygen atoms in total. The highest BCUT2D eigenvalue weighted by molar-refractivity contribution is 6.05. The Bertz CT molecular complexity index is 748. The van der Waals surface area contributed by atoms with Crippen molar-refractivity contribution in [1.29, 1.82) is 0 Å². The van der Waals surface area contributed by atoms with Crippen molar-refractivity contribution >= 4 is 17.5 Å². The minimum atomic E-state index is -0.0717. The van der Waals surface area contributed by atoms with Crippen molar-refractivity contribution in [3.8, 4) is 0 Å². The van der Waals surface area contributed by atoms with Gasteiger partial charge in [0.15, 0.2) is 0 Å². The van der Waals surface area contributed by atoms with Crippen molar-refractivity contribution < 1.29 is 9.53 Å². The maximum absolute atomic E-state index is 13.0. The molecule has 0 unspecified atom stereocenters. The summed E-state index contributed by atoms with van der Waals surface area (Å²) in [5.41, 5.74) is 3.41. The zero-order valence-electron chi connectivity index (χ0n) is 14.8. The van der Waals surface area contributed by atoms with Gasteiger partial charge >= 0.3 is 0 Å². The van der Waals surface area contributed by atoms with Gasteiger partial charge in [-0.15, -0.1) is 0 Å². The van der Waals surface area contributed by atoms with Crippen LogP contribution in [0.3, 0.4) is 0 Å². The van der Waals surface area contributed by atoms with Crippen molar-refractivity contribution in [3.63, 3.8) is 0 Å². The smallest absolute Gasteiger partial charge is 0.277 e. The fourth-order valence-corrected chi connectivity index (χ4v) is 3.06. The average Bonchev–Trinajstić information content (AvgIpc) is 2.64. The lowest BCUT2D eigenvalue weighted by atomic mass is 10.0. The molecule has 3 rings (SSSR count). The molecule has 0 saturated carbocycles. The number of nitrogens with zero attached hydrogens (tertiary/aromatic N) is 3. The summed E-state index contributed by atoms with van der Waals surface area (Å²) in [6, 6.07) is 9.83. The van der Waals surface area contributed by atoms with Gasteiger partial charge in [0.2, 0.25) is 5.95 Å². The van der Waals surface area contributed by atoms with Crippen molar-refractivity contribution in [3.05, 3.63) is 47.3 Å². The van der Waals surface area contributed by atoms with E-state index in [4.69, 9.17) is 4.74 Å². The first-order chi connectivity index (χ1) is 12.2. The molecule has 132 valence electrons. The normalized spacial score (nSPS) is 13.4. The molecule has 1 amide bonds. The lowest BCUT2D eigenvalue weighted by molar-refractivity contribution is 0.0980. The van der Waals surface area contributed by atoms with Crippen molar-refractivity contribution in [1.82, 2.24) is 9.97 Å². The Kier molecular flexibility index (Phi) is 5.60. The fourth-order valence-electron chi connectivity index (χ4n) is 3.06. The first-order valence-electron chi connectivity index (χ1n) is 8.67. The van der Waals surface area contributed by atoms with Crippen LogP contribution in [0.15, 0.2) is 30.3 Å². The maximum atomic E-state index is 13.0. The van der Waals surface area contributed by atoms with E-state index in [9.17, 15) is 4.79 Å². The monoisotopic (exact) mass is 340 g/mol. The van der Waals surface area contributed by atoms with E-state index in [0.29, 0.717) is 24.8 Å². The van der Waals surface area contributed by atoms with E-state index in [1.807, 2.05) is 30.0 Å². The number of methoxy groups -OCH3 is 1. The van der Waals surface area contributed by atoms with E-state index in [0.717, 1.165) is 37.2 Å². The maximum Gasteiger partial charge on any atom is 0.277 e. The zero-order chi connectivity index (χ0) is 17.6. The Hall–Kier alpha value is -2.47. The molecule has 0 fully saturated rings. The molecular weight excluding hydrogens is 316 g/mol. The van der Waals surface area contributed by atoms with Gasteiger partial charge in [-0.3, -0.25) is 4.79 Å². The van der Waals surface area contributed by atoms with Gasteiger partial charge in [-0.25, -0.2) is 9.97 Å². The number of carbonyl (C=O) groups is 1. The second-order valence-electron chi connectivity index (χ2n) is 6.18. The number of fused-ring (bicyclic) bond motifs is 1. The number of nitrogens with one attached hydrogen (secondary N) is 1. The highest BCUT2D eigenvalue weighted by Crippen LogP contribution is 2.28. The quantitative estimate of drug-likeness (QED) is 0.819. The number of amides is 1. The van der Waals surface area contributed by atoms with Crippen molar-refractivity contribution in [2.45, 2.75) is 26.2 Å². The second-order valence-corrected chi connectivity index (χ2v) is 6.18. The van der Waals surface area contributed by atoms with Crippen LogP contribution in [0.4, 0.5) is 11.6 Å². The van der Waals surface area contributed by atoms with Crippen LogP contribution in [0.2, 0.25) is 0 Å². The highest BCUT2D eigenvalue weighted by Gasteiger charge is 2.24. The Morgan fingerprint density at radius 2 is 2.16 bits per heavy atom. The van der Waals surface area contributed by atoms with E-state index in [1.54, 1.807) is 13.2 Å². The third-order valence-corrected chi connectivity index (χ3v) is 4.24. The molecule has 1 aromatic carbocycles. The summed E-state index contributed by atoms with van der Waals surface area (Å²) in [5, 5.41) is 3.16. The predicted octanol–water partition coefficient (Wildman–Crippen LogP) is 2.83. The fraction of sp³-hybridized carbons (Fsp3) is 0.421. The van der Waals surface area contributed by atoms with Crippen molar-refractivity contribution in [2.75, 3.05) is 37.0 Å². The number of carbonyl (C=O) groups excluding carboxylic acids is 1. The number of hydrogen-bond donors (Lipinski definition) is 1. The Morgan fingerprint density at radius 3 is 3.00 bits per heavy atom. The lowest BCUT2D eigenvalue weighted by Crippen LogP contribution is -2.36. The third-order valence-electron chi connectivity index (χ3n) is 4.24. The Morgan fingerprint density at radius 1 is 1.32 bits per heavy atom. The van der Waals surface area contributed by atoms with Gasteiger partial charge in [0.05, 0.1) is 0 Å². The third kappa shape index (κ3) is 4.14. The van der Waals surface area contributed by atoms with E-state index in [2.05, 4.69) is 21.4 Å². The molecule has 0 spiro atoms. The van der Waals surface area contributed by atoms with Gasteiger partial charge < -0.3 is 15.0 Å². The molecule has 0 bridgehead atoms. The molecule has 0 atom stereocenters. The van der Waals surface area contributed by atoms with Crippen LogP contribution < -0.4 is 10.2 Å². The minimum absolute atomic E-state index is 0.0717. The molecule has 25 heavy (non-hydrogen) atoms. The van der Waals surface area contributed by atoms with Crippen LogP contribution in [0.25, 0.3) is 0 Å². The number of aromatic nitrogens is 2. The van der Waals surface area contributed by atoms with Gasteiger partial charge in [-0.05, 0) is 43.9 Å². The summed E-state index contributed by atoms with van der Waals surface area (Å²) in [6.07, 6.45) is 2.83. The summed E-state index contributed by atoms with van der Waals surface area (Å²) < 4.78 is 5.04. The molecule has 0 saturated heterocycles. The first kappa shape index (κ1) is 17.4. The summed E-state index contributed by atoms with van der Waals surface area (Å²) in [7, 11) is 1.68. The Labute approximate surface area is 148 Å². The van der Waals surface area contributed by atoms with Crippen LogP contribution in [-0.4, -0.2) is 42.7 Å². The minimum Gasteiger partial charge on any atom is -0.385 e. The van der Waals surface area contributed by atoms with E-state index >= 15 is 0 Å². The summed E-state index contributed by atoms with van der Waals surface area (Å²) in [6.45, 7) is 3.98. The molecule has 1 aliphatic heterocycles.